The molecular weight excluding hydrogens is 284 g/mol. The predicted octanol–water partition coefficient (Wildman–Crippen LogP) is 3.02. The molecule has 1 saturated carbocycles. The van der Waals surface area contributed by atoms with Crippen molar-refractivity contribution in [1.29, 1.82) is 0 Å². The van der Waals surface area contributed by atoms with Gasteiger partial charge in [0.05, 0.1) is 5.60 Å². The number of hydrogen-bond acceptors (Lipinski definition) is 2. The van der Waals surface area contributed by atoms with E-state index in [0.29, 0.717) is 6.42 Å². The van der Waals surface area contributed by atoms with Gasteiger partial charge in [0.15, 0.2) is 0 Å². The van der Waals surface area contributed by atoms with Crippen molar-refractivity contribution in [2.45, 2.75) is 31.3 Å². The van der Waals surface area contributed by atoms with Crippen LogP contribution < -0.4 is 0 Å². The third-order valence-corrected chi connectivity index (χ3v) is 4.01. The molecule has 20 heavy (non-hydrogen) atoms. The monoisotopic (exact) mass is 305 g/mol. The number of halogens is 3. The summed E-state index contributed by atoms with van der Waals surface area (Å²) in [4.78, 5) is 2.03. The average Bonchev–Trinajstić information content (AvgIpc) is 2.65. The normalized spacial score (nSPS) is 25.8. The lowest BCUT2D eigenvalue weighted by Gasteiger charge is -2.32. The maximum atomic E-state index is 13.7. The zero-order chi connectivity index (χ0) is 14.0. The summed E-state index contributed by atoms with van der Waals surface area (Å²) >= 11 is 0. The SMILES string of the molecule is CN(C)C[C@@H]1CCC[C@]1(O)Cc1cc(F)ccc1F.Cl. The van der Waals surface area contributed by atoms with E-state index in [-0.39, 0.29) is 30.3 Å². The van der Waals surface area contributed by atoms with Crippen LogP contribution >= 0.6 is 12.4 Å². The zero-order valence-corrected chi connectivity index (χ0v) is 12.7. The Morgan fingerprint density at radius 1 is 1.35 bits per heavy atom. The first-order valence-electron chi connectivity index (χ1n) is 6.72. The van der Waals surface area contributed by atoms with Crippen LogP contribution in [0.2, 0.25) is 0 Å². The van der Waals surface area contributed by atoms with Crippen LogP contribution in [0.15, 0.2) is 18.2 Å². The Bertz CT molecular complexity index is 455. The van der Waals surface area contributed by atoms with Crippen molar-refractivity contribution in [3.8, 4) is 0 Å². The van der Waals surface area contributed by atoms with Gasteiger partial charge in [-0.2, -0.15) is 0 Å². The van der Waals surface area contributed by atoms with Crippen molar-refractivity contribution in [1.82, 2.24) is 4.90 Å². The molecule has 1 fully saturated rings. The van der Waals surface area contributed by atoms with E-state index in [1.807, 2.05) is 19.0 Å². The van der Waals surface area contributed by atoms with Crippen molar-refractivity contribution in [3.05, 3.63) is 35.4 Å². The topological polar surface area (TPSA) is 23.5 Å². The summed E-state index contributed by atoms with van der Waals surface area (Å²) in [6.45, 7) is 0.771. The Morgan fingerprint density at radius 2 is 2.05 bits per heavy atom. The molecule has 0 spiro atoms. The second kappa shape index (κ2) is 6.83. The van der Waals surface area contributed by atoms with Gasteiger partial charge in [0.25, 0.3) is 0 Å². The Kier molecular flexibility index (Phi) is 5.92. The molecule has 0 bridgehead atoms. The highest BCUT2D eigenvalue weighted by Gasteiger charge is 2.41. The Balaban J connectivity index is 0.00000200. The summed E-state index contributed by atoms with van der Waals surface area (Å²) in [5.41, 5.74) is -0.646. The molecule has 0 saturated heterocycles. The number of hydrogen-bond donors (Lipinski definition) is 1. The Labute approximate surface area is 125 Å². The van der Waals surface area contributed by atoms with Gasteiger partial charge in [-0.3, -0.25) is 0 Å². The highest BCUT2D eigenvalue weighted by molar-refractivity contribution is 5.85. The van der Waals surface area contributed by atoms with Crippen molar-refractivity contribution >= 4 is 12.4 Å². The smallest absolute Gasteiger partial charge is 0.126 e. The molecule has 0 amide bonds. The predicted molar refractivity (Wildman–Crippen MR) is 78.2 cm³/mol. The van der Waals surface area contributed by atoms with E-state index in [0.717, 1.165) is 31.5 Å². The molecule has 1 N–H and O–H groups in total. The molecule has 1 aromatic rings. The lowest BCUT2D eigenvalue weighted by atomic mass is 9.84. The van der Waals surface area contributed by atoms with Gasteiger partial charge < -0.3 is 10.0 Å². The first kappa shape index (κ1) is 17.3. The van der Waals surface area contributed by atoms with E-state index in [4.69, 9.17) is 0 Å². The summed E-state index contributed by atoms with van der Waals surface area (Å²) in [5, 5.41) is 10.8. The third-order valence-electron chi connectivity index (χ3n) is 4.01. The molecule has 1 aliphatic carbocycles. The van der Waals surface area contributed by atoms with Crippen LogP contribution in [0.4, 0.5) is 8.78 Å². The van der Waals surface area contributed by atoms with Gasteiger partial charge in [-0.15, -0.1) is 12.4 Å². The third kappa shape index (κ3) is 3.90. The fraction of sp³-hybridized carbons (Fsp3) is 0.600. The second-order valence-electron chi connectivity index (χ2n) is 5.87. The molecule has 0 unspecified atom stereocenters. The molecule has 2 rings (SSSR count). The summed E-state index contributed by atoms with van der Waals surface area (Å²) in [5.74, 6) is -0.780. The highest BCUT2D eigenvalue weighted by atomic mass is 35.5. The van der Waals surface area contributed by atoms with Crippen molar-refractivity contribution < 1.29 is 13.9 Å². The van der Waals surface area contributed by atoms with Crippen molar-refractivity contribution in [2.24, 2.45) is 5.92 Å². The van der Waals surface area contributed by atoms with E-state index in [1.54, 1.807) is 0 Å². The Hall–Kier alpha value is -0.710. The minimum Gasteiger partial charge on any atom is -0.389 e. The number of benzene rings is 1. The molecule has 0 radical (unpaired) electrons. The number of nitrogens with zero attached hydrogens (tertiary/aromatic N) is 1. The first-order valence-corrected chi connectivity index (χ1v) is 6.72. The average molecular weight is 306 g/mol. The van der Waals surface area contributed by atoms with Crippen LogP contribution in [0.1, 0.15) is 24.8 Å². The zero-order valence-electron chi connectivity index (χ0n) is 11.9. The minimum atomic E-state index is -0.918. The molecule has 0 aliphatic heterocycles. The molecule has 2 nitrogen and oxygen atoms in total. The van der Waals surface area contributed by atoms with Crippen molar-refractivity contribution in [3.63, 3.8) is 0 Å². The summed E-state index contributed by atoms with van der Waals surface area (Å²) in [7, 11) is 3.92. The lowest BCUT2D eigenvalue weighted by molar-refractivity contribution is -0.00638. The standard InChI is InChI=1S/C15H21F2NO.ClH/c1-18(2)10-12-4-3-7-15(12,19)9-11-8-13(16)5-6-14(11)17;/h5-6,8,12,19H,3-4,7,9-10H2,1-2H3;1H/t12-,15-;/m0./s1. The fourth-order valence-electron chi connectivity index (χ4n) is 3.07. The largest absolute Gasteiger partial charge is 0.389 e. The van der Waals surface area contributed by atoms with E-state index in [1.165, 1.54) is 6.07 Å². The van der Waals surface area contributed by atoms with Crippen LogP contribution in [0.5, 0.6) is 0 Å². The van der Waals surface area contributed by atoms with E-state index >= 15 is 0 Å². The van der Waals surface area contributed by atoms with Crippen LogP contribution in [0.3, 0.4) is 0 Å². The van der Waals surface area contributed by atoms with Gasteiger partial charge in [0.1, 0.15) is 11.6 Å². The van der Waals surface area contributed by atoms with Crippen LogP contribution in [0.25, 0.3) is 0 Å². The van der Waals surface area contributed by atoms with E-state index in [2.05, 4.69) is 0 Å². The van der Waals surface area contributed by atoms with Crippen molar-refractivity contribution in [2.75, 3.05) is 20.6 Å². The summed E-state index contributed by atoms with van der Waals surface area (Å²) in [6, 6.07) is 3.43. The van der Waals surface area contributed by atoms with E-state index in [9.17, 15) is 13.9 Å². The molecule has 0 aromatic heterocycles. The van der Waals surface area contributed by atoms with Gasteiger partial charge in [0, 0.05) is 18.9 Å². The number of aliphatic hydroxyl groups is 1. The van der Waals surface area contributed by atoms with Gasteiger partial charge in [-0.05, 0) is 50.7 Å². The number of rotatable bonds is 4. The molecular formula is C15H22ClF2NO. The molecule has 5 heteroatoms. The fourth-order valence-corrected chi connectivity index (χ4v) is 3.07. The van der Waals surface area contributed by atoms with Gasteiger partial charge >= 0.3 is 0 Å². The summed E-state index contributed by atoms with van der Waals surface area (Å²) in [6.07, 6.45) is 2.72. The molecule has 0 heterocycles. The maximum Gasteiger partial charge on any atom is 0.126 e. The van der Waals surface area contributed by atoms with Crippen LogP contribution in [0, 0.1) is 17.6 Å². The Morgan fingerprint density at radius 3 is 2.70 bits per heavy atom. The molecule has 1 aromatic carbocycles. The lowest BCUT2D eigenvalue weighted by Crippen LogP contribution is -2.41. The highest BCUT2D eigenvalue weighted by Crippen LogP contribution is 2.39. The summed E-state index contributed by atoms with van der Waals surface area (Å²) < 4.78 is 26.9. The van der Waals surface area contributed by atoms with Gasteiger partial charge in [-0.25, -0.2) is 8.78 Å². The molecule has 2 atom stereocenters. The maximum absolute atomic E-state index is 13.7. The van der Waals surface area contributed by atoms with Gasteiger partial charge in [-0.1, -0.05) is 6.42 Å². The molecule has 114 valence electrons. The minimum absolute atomic E-state index is 0. The van der Waals surface area contributed by atoms with Crippen LogP contribution in [-0.2, 0) is 6.42 Å². The quantitative estimate of drug-likeness (QED) is 0.924. The molecule has 1 aliphatic rings. The first-order chi connectivity index (χ1) is 8.90. The second-order valence-corrected chi connectivity index (χ2v) is 5.87. The van der Waals surface area contributed by atoms with E-state index < -0.39 is 17.2 Å². The van der Waals surface area contributed by atoms with Gasteiger partial charge in [0.2, 0.25) is 0 Å². The van der Waals surface area contributed by atoms with Crippen LogP contribution in [-0.4, -0.2) is 36.2 Å².